The minimum absolute atomic E-state index is 0.0986. The fourth-order valence-electron chi connectivity index (χ4n) is 1.72. The van der Waals surface area contributed by atoms with Crippen LogP contribution >= 0.6 is 34.8 Å². The van der Waals surface area contributed by atoms with Gasteiger partial charge in [-0.05, 0) is 31.9 Å². The molecule has 0 heterocycles. The Labute approximate surface area is 145 Å². The molecule has 22 heavy (non-hydrogen) atoms. The van der Waals surface area contributed by atoms with E-state index in [2.05, 4.69) is 15.5 Å². The molecule has 0 fully saturated rings. The maximum absolute atomic E-state index is 6.09. The fourth-order valence-corrected chi connectivity index (χ4v) is 2.27. The van der Waals surface area contributed by atoms with Gasteiger partial charge in [0.2, 0.25) is 9.75 Å². The first kappa shape index (κ1) is 19.0. The van der Waals surface area contributed by atoms with Crippen LogP contribution < -0.4 is 16.8 Å². The molecular weight excluding hydrogens is 345 g/mol. The molecule has 5 nitrogen and oxygen atoms in total. The molecule has 1 atom stereocenters. The van der Waals surface area contributed by atoms with Crippen molar-refractivity contribution in [2.75, 3.05) is 0 Å². The van der Waals surface area contributed by atoms with Crippen molar-refractivity contribution in [3.8, 4) is 0 Å². The van der Waals surface area contributed by atoms with Crippen LogP contribution in [0.3, 0.4) is 0 Å². The molecule has 8 heteroatoms. The number of hydrogen-bond donors (Lipinski definition) is 3. The monoisotopic (exact) mass is 363 g/mol. The summed E-state index contributed by atoms with van der Waals surface area (Å²) < 4.78 is -1.47. The highest BCUT2D eigenvalue weighted by atomic mass is 35.6. The van der Waals surface area contributed by atoms with Gasteiger partial charge in [-0.1, -0.05) is 59.1 Å². The average Bonchev–Trinajstić information content (AvgIpc) is 2.34. The molecule has 0 aromatic heterocycles. The van der Waals surface area contributed by atoms with Crippen molar-refractivity contribution in [1.29, 1.82) is 0 Å². The van der Waals surface area contributed by atoms with E-state index in [0.29, 0.717) is 0 Å². The summed E-state index contributed by atoms with van der Waals surface area (Å²) >= 11 is 18.3. The summed E-state index contributed by atoms with van der Waals surface area (Å²) in [6.07, 6.45) is 1.53. The first-order valence-electron chi connectivity index (χ1n) is 6.55. The maximum atomic E-state index is 6.09. The van der Waals surface area contributed by atoms with Crippen LogP contribution in [0.4, 0.5) is 0 Å². The van der Waals surface area contributed by atoms with Crippen molar-refractivity contribution in [1.82, 2.24) is 5.32 Å². The van der Waals surface area contributed by atoms with E-state index < -0.39 is 9.83 Å². The van der Waals surface area contributed by atoms with Crippen molar-refractivity contribution in [3.05, 3.63) is 35.4 Å². The number of nitrogens with one attached hydrogen (secondary N) is 1. The normalized spacial score (nSPS) is 14.1. The molecule has 1 aromatic rings. The van der Waals surface area contributed by atoms with Crippen LogP contribution in [-0.4, -0.2) is 21.5 Å². The molecule has 0 saturated carbocycles. The highest BCUT2D eigenvalue weighted by Crippen LogP contribution is 2.40. The van der Waals surface area contributed by atoms with Crippen molar-refractivity contribution in [2.45, 2.75) is 36.1 Å². The van der Waals surface area contributed by atoms with Crippen LogP contribution in [-0.2, 0) is 0 Å². The van der Waals surface area contributed by atoms with Gasteiger partial charge in [0.1, 0.15) is 0 Å². The molecule has 0 bridgehead atoms. The molecule has 0 aliphatic carbocycles. The van der Waals surface area contributed by atoms with Gasteiger partial charge < -0.3 is 16.8 Å². The van der Waals surface area contributed by atoms with E-state index in [-0.39, 0.29) is 11.5 Å². The maximum Gasteiger partial charge on any atom is 0.211 e. The number of nitrogens with two attached hydrogens (primary N) is 2. The van der Waals surface area contributed by atoms with Crippen molar-refractivity contribution >= 4 is 47.0 Å². The van der Waals surface area contributed by atoms with E-state index in [0.717, 1.165) is 11.1 Å². The lowest BCUT2D eigenvalue weighted by Crippen LogP contribution is -2.44. The molecule has 0 radical (unpaired) electrons. The molecule has 0 aliphatic rings. The quantitative estimate of drug-likeness (QED) is 0.332. The third-order valence-corrected chi connectivity index (χ3v) is 3.21. The van der Waals surface area contributed by atoms with E-state index in [9.17, 15) is 0 Å². The SMILES string of the molecule is CC(C)(C)NC(c1ccc(C=NN=C(N)N)cc1)C(Cl)(Cl)Cl. The summed E-state index contributed by atoms with van der Waals surface area (Å²) in [5, 5.41) is 10.6. The molecule has 0 amide bonds. The summed E-state index contributed by atoms with van der Waals surface area (Å²) in [5.41, 5.74) is 11.9. The summed E-state index contributed by atoms with van der Waals surface area (Å²) in [5.74, 6) is -0.0986. The van der Waals surface area contributed by atoms with Crippen LogP contribution in [0, 0.1) is 0 Å². The number of alkyl halides is 3. The smallest absolute Gasteiger partial charge is 0.211 e. The van der Waals surface area contributed by atoms with Gasteiger partial charge in [-0.25, -0.2) is 0 Å². The van der Waals surface area contributed by atoms with Crippen molar-refractivity contribution < 1.29 is 0 Å². The molecule has 0 aliphatic heterocycles. The van der Waals surface area contributed by atoms with E-state index in [4.69, 9.17) is 46.3 Å². The lowest BCUT2D eigenvalue weighted by Gasteiger charge is -2.33. The molecule has 122 valence electrons. The summed E-state index contributed by atoms with van der Waals surface area (Å²) in [4.78, 5) is 0. The Morgan fingerprint density at radius 3 is 2.09 bits per heavy atom. The van der Waals surface area contributed by atoms with Gasteiger partial charge in [0.15, 0.2) is 0 Å². The van der Waals surface area contributed by atoms with Crippen LogP contribution in [0.1, 0.15) is 37.9 Å². The van der Waals surface area contributed by atoms with Gasteiger partial charge in [-0.2, -0.15) is 5.10 Å². The Balaban J connectivity index is 2.98. The average molecular weight is 365 g/mol. The largest absolute Gasteiger partial charge is 0.369 e. The van der Waals surface area contributed by atoms with Gasteiger partial charge in [0.25, 0.3) is 0 Å². The standard InChI is InChI=1S/C14H20Cl3N5/c1-13(2,3)21-11(14(15,16)17)10-6-4-9(5-7-10)8-20-22-12(18)19/h4-8,11,21H,1-3H3,(H4,18,19,22). The number of hydrogen-bond acceptors (Lipinski definition) is 3. The Hall–Kier alpha value is -1.01. The lowest BCUT2D eigenvalue weighted by molar-refractivity contribution is 0.365. The highest BCUT2D eigenvalue weighted by molar-refractivity contribution is 6.68. The predicted octanol–water partition coefficient (Wildman–Crippen LogP) is 3.09. The van der Waals surface area contributed by atoms with Crippen LogP contribution in [0.15, 0.2) is 34.5 Å². The third kappa shape index (κ3) is 6.83. The Kier molecular flexibility index (Phi) is 6.50. The summed E-state index contributed by atoms with van der Waals surface area (Å²) in [6.45, 7) is 6.02. The van der Waals surface area contributed by atoms with E-state index in [1.165, 1.54) is 6.21 Å². The number of rotatable bonds is 4. The number of benzene rings is 1. The summed E-state index contributed by atoms with van der Waals surface area (Å²) in [6, 6.07) is 6.97. The molecule has 0 spiro atoms. The third-order valence-electron chi connectivity index (χ3n) is 2.55. The topological polar surface area (TPSA) is 88.8 Å². The van der Waals surface area contributed by atoms with Gasteiger partial charge in [-0.15, -0.1) is 5.10 Å². The van der Waals surface area contributed by atoms with Crippen molar-refractivity contribution in [3.63, 3.8) is 0 Å². The van der Waals surface area contributed by atoms with Crippen LogP contribution in [0.25, 0.3) is 0 Å². The molecule has 1 unspecified atom stereocenters. The zero-order valence-corrected chi connectivity index (χ0v) is 14.9. The lowest BCUT2D eigenvalue weighted by atomic mass is 10.0. The minimum Gasteiger partial charge on any atom is -0.369 e. The second kappa shape index (κ2) is 7.51. The molecule has 1 rings (SSSR count). The van der Waals surface area contributed by atoms with Crippen LogP contribution in [0.5, 0.6) is 0 Å². The molecule has 0 saturated heterocycles. The molecular formula is C14H20Cl3N5. The zero-order valence-electron chi connectivity index (χ0n) is 12.6. The van der Waals surface area contributed by atoms with E-state index >= 15 is 0 Å². The van der Waals surface area contributed by atoms with Gasteiger partial charge >= 0.3 is 0 Å². The highest BCUT2D eigenvalue weighted by Gasteiger charge is 2.36. The Bertz CT molecular complexity index is 537. The second-order valence-corrected chi connectivity index (χ2v) is 8.17. The van der Waals surface area contributed by atoms with Gasteiger partial charge in [0.05, 0.1) is 12.3 Å². The molecule has 5 N–H and O–H groups in total. The number of halogens is 3. The Morgan fingerprint density at radius 1 is 1.14 bits per heavy atom. The Morgan fingerprint density at radius 2 is 1.68 bits per heavy atom. The van der Waals surface area contributed by atoms with Crippen LogP contribution in [0.2, 0.25) is 0 Å². The first-order chi connectivity index (χ1) is 9.99. The van der Waals surface area contributed by atoms with Gasteiger partial charge in [0, 0.05) is 5.54 Å². The fraction of sp³-hybridized carbons (Fsp3) is 0.429. The predicted molar refractivity (Wildman–Crippen MR) is 95.8 cm³/mol. The van der Waals surface area contributed by atoms with Gasteiger partial charge in [-0.3, -0.25) is 0 Å². The first-order valence-corrected chi connectivity index (χ1v) is 7.69. The second-order valence-electron chi connectivity index (χ2n) is 5.81. The zero-order chi connectivity index (χ0) is 17.0. The van der Waals surface area contributed by atoms with Crippen molar-refractivity contribution in [2.24, 2.45) is 21.7 Å². The number of nitrogens with zero attached hydrogens (tertiary/aromatic N) is 2. The van der Waals surface area contributed by atoms with E-state index in [1.54, 1.807) is 0 Å². The minimum atomic E-state index is -1.47. The van der Waals surface area contributed by atoms with E-state index in [1.807, 2.05) is 45.0 Å². The molecule has 1 aromatic carbocycles. The number of guanidine groups is 1. The summed E-state index contributed by atoms with van der Waals surface area (Å²) in [7, 11) is 0.